The van der Waals surface area contributed by atoms with Crippen LogP contribution in [-0.4, -0.2) is 45.9 Å². The number of rotatable bonds is 17. The van der Waals surface area contributed by atoms with Crippen molar-refractivity contribution in [3.63, 3.8) is 0 Å². The third-order valence-electron chi connectivity index (χ3n) is 9.57. The first-order valence-corrected chi connectivity index (χ1v) is 19.4. The summed E-state index contributed by atoms with van der Waals surface area (Å²) in [5.41, 5.74) is 3.82. The molecule has 5 aromatic carbocycles. The largest absolute Gasteiger partial charge is 0.404 e. The molecule has 0 heterocycles. The van der Waals surface area contributed by atoms with Crippen LogP contribution in [0, 0.1) is 0 Å². The van der Waals surface area contributed by atoms with Crippen LogP contribution in [0.4, 0.5) is 0 Å². The summed E-state index contributed by atoms with van der Waals surface area (Å²) in [5, 5.41) is 2.43. The minimum atomic E-state index is -2.86. The Bertz CT molecular complexity index is 1540. The maximum absolute atomic E-state index is 7.92. The number of aryl methyl sites for hydroxylation is 1. The van der Waals surface area contributed by atoms with Gasteiger partial charge in [-0.2, -0.15) is 0 Å². The van der Waals surface area contributed by atoms with Gasteiger partial charge in [0.25, 0.3) is 8.32 Å². The molecule has 0 amide bonds. The van der Waals surface area contributed by atoms with Gasteiger partial charge in [0.15, 0.2) is 6.29 Å². The lowest BCUT2D eigenvalue weighted by Crippen LogP contribution is -2.68. The van der Waals surface area contributed by atoms with Gasteiger partial charge in [-0.05, 0) is 51.4 Å². The summed E-state index contributed by atoms with van der Waals surface area (Å²) < 4.78 is 20.2. The van der Waals surface area contributed by atoms with Crippen molar-refractivity contribution in [3.8, 4) is 0 Å². The van der Waals surface area contributed by atoms with E-state index in [1.807, 2.05) is 0 Å². The van der Waals surface area contributed by atoms with Crippen LogP contribution >= 0.6 is 0 Å². The molecule has 4 nitrogen and oxygen atoms in total. The predicted molar refractivity (Wildman–Crippen MR) is 206 cm³/mol. The molecule has 5 heteroatoms. The number of nitrogens with zero attached hydrogens (tertiary/aromatic N) is 1. The average molecular weight is 672 g/mol. The molecule has 0 aliphatic heterocycles. The highest BCUT2D eigenvalue weighted by Gasteiger charge is 2.51. The Morgan fingerprint density at radius 2 is 0.939 bits per heavy atom. The molecule has 0 bridgehead atoms. The van der Waals surface area contributed by atoms with E-state index in [1.165, 1.54) is 27.1 Å². The molecule has 0 aromatic heterocycles. The SMILES string of the molecule is COC(OC)[C@@H](C[C@@H](CCc1ccccc1)O[Si](c1ccccc1)(c1ccccc1)C(C)(C)C)N(Cc1ccccc1)Cc1ccccc1. The Morgan fingerprint density at radius 3 is 1.33 bits per heavy atom. The van der Waals surface area contributed by atoms with Crippen molar-refractivity contribution in [3.05, 3.63) is 168 Å². The molecule has 0 fully saturated rings. The topological polar surface area (TPSA) is 30.9 Å². The Hall–Kier alpha value is -3.84. The van der Waals surface area contributed by atoms with E-state index >= 15 is 0 Å². The van der Waals surface area contributed by atoms with Gasteiger partial charge >= 0.3 is 0 Å². The van der Waals surface area contributed by atoms with E-state index < -0.39 is 14.6 Å². The Morgan fingerprint density at radius 1 is 0.551 bits per heavy atom. The second-order valence-corrected chi connectivity index (χ2v) is 18.2. The lowest BCUT2D eigenvalue weighted by molar-refractivity contribution is -0.156. The van der Waals surface area contributed by atoms with Crippen molar-refractivity contribution in [2.24, 2.45) is 0 Å². The monoisotopic (exact) mass is 671 g/mol. The minimum absolute atomic E-state index is 0.0849. The summed E-state index contributed by atoms with van der Waals surface area (Å²) in [6, 6.07) is 54.1. The molecule has 0 aliphatic rings. The van der Waals surface area contributed by atoms with E-state index in [4.69, 9.17) is 13.9 Å². The van der Waals surface area contributed by atoms with Crippen molar-refractivity contribution in [2.45, 2.75) is 76.6 Å². The molecule has 0 N–H and O–H groups in total. The molecule has 5 rings (SSSR count). The summed E-state index contributed by atoms with van der Waals surface area (Å²) in [6.07, 6.45) is 1.99. The van der Waals surface area contributed by atoms with Crippen molar-refractivity contribution in [1.82, 2.24) is 4.90 Å². The molecule has 0 aliphatic carbocycles. The van der Waals surface area contributed by atoms with Gasteiger partial charge < -0.3 is 13.9 Å². The van der Waals surface area contributed by atoms with Crippen LogP contribution in [0.2, 0.25) is 5.04 Å². The van der Waals surface area contributed by atoms with E-state index in [9.17, 15) is 0 Å². The number of methoxy groups -OCH3 is 2. The molecular formula is C44H53NO3Si. The van der Waals surface area contributed by atoms with Crippen LogP contribution in [0.25, 0.3) is 0 Å². The summed E-state index contributed by atoms with van der Waals surface area (Å²) in [5.74, 6) is 0. The molecule has 49 heavy (non-hydrogen) atoms. The number of hydrogen-bond acceptors (Lipinski definition) is 4. The quantitative estimate of drug-likeness (QED) is 0.0732. The third-order valence-corrected chi connectivity index (χ3v) is 14.7. The normalized spacial score (nSPS) is 13.4. The Labute approximate surface area is 295 Å². The van der Waals surface area contributed by atoms with Crippen LogP contribution in [-0.2, 0) is 33.4 Å². The van der Waals surface area contributed by atoms with Gasteiger partial charge in [-0.3, -0.25) is 4.90 Å². The molecule has 0 saturated carbocycles. The highest BCUT2D eigenvalue weighted by Crippen LogP contribution is 2.39. The molecule has 0 radical (unpaired) electrons. The second kappa shape index (κ2) is 17.7. The molecule has 2 atom stereocenters. The molecule has 0 saturated heterocycles. The molecule has 0 unspecified atom stereocenters. The van der Waals surface area contributed by atoms with Crippen molar-refractivity contribution in [1.29, 1.82) is 0 Å². The minimum Gasteiger partial charge on any atom is -0.404 e. The van der Waals surface area contributed by atoms with E-state index in [-0.39, 0.29) is 17.2 Å². The van der Waals surface area contributed by atoms with Crippen LogP contribution in [0.1, 0.15) is 50.3 Å². The van der Waals surface area contributed by atoms with Crippen molar-refractivity contribution < 1.29 is 13.9 Å². The van der Waals surface area contributed by atoms with E-state index in [2.05, 4.69) is 177 Å². The lowest BCUT2D eigenvalue weighted by atomic mass is 9.99. The van der Waals surface area contributed by atoms with Crippen LogP contribution in [0.15, 0.2) is 152 Å². The third kappa shape index (κ3) is 9.44. The molecule has 5 aromatic rings. The van der Waals surface area contributed by atoms with E-state index in [0.29, 0.717) is 0 Å². The van der Waals surface area contributed by atoms with Gasteiger partial charge in [0, 0.05) is 33.4 Å². The zero-order valence-electron chi connectivity index (χ0n) is 29.9. The van der Waals surface area contributed by atoms with Crippen LogP contribution in [0.5, 0.6) is 0 Å². The van der Waals surface area contributed by atoms with E-state index in [0.717, 1.165) is 32.4 Å². The highest BCUT2D eigenvalue weighted by atomic mass is 28.4. The fourth-order valence-electron chi connectivity index (χ4n) is 7.18. The Balaban J connectivity index is 1.61. The molecular weight excluding hydrogens is 619 g/mol. The van der Waals surface area contributed by atoms with Gasteiger partial charge in [-0.15, -0.1) is 0 Å². The Kier molecular flexibility index (Phi) is 13.2. The maximum Gasteiger partial charge on any atom is 0.261 e. The van der Waals surface area contributed by atoms with Gasteiger partial charge in [0.2, 0.25) is 0 Å². The number of hydrogen-bond donors (Lipinski definition) is 0. The first-order valence-electron chi connectivity index (χ1n) is 17.5. The van der Waals surface area contributed by atoms with Crippen molar-refractivity contribution in [2.75, 3.05) is 14.2 Å². The smallest absolute Gasteiger partial charge is 0.261 e. The van der Waals surface area contributed by atoms with Crippen LogP contribution < -0.4 is 10.4 Å². The van der Waals surface area contributed by atoms with Crippen LogP contribution in [0.3, 0.4) is 0 Å². The molecule has 0 spiro atoms. The lowest BCUT2D eigenvalue weighted by Gasteiger charge is -2.46. The number of ether oxygens (including phenoxy) is 2. The summed E-state index contributed by atoms with van der Waals surface area (Å²) in [4.78, 5) is 2.52. The fourth-order valence-corrected chi connectivity index (χ4v) is 11.9. The highest BCUT2D eigenvalue weighted by molar-refractivity contribution is 6.99. The van der Waals surface area contributed by atoms with Gasteiger partial charge in [0.05, 0.1) is 6.04 Å². The standard InChI is InChI=1S/C44H53NO3Si/c1-44(2,3)49(40-27-17-9-18-28-40,41-29-19-10-20-30-41)48-39(32-31-36-21-11-6-12-22-36)33-42(43(46-4)47-5)45(34-37-23-13-7-14-24-37)35-38-25-15-8-16-26-38/h6-30,39,42-43H,31-35H2,1-5H3/t39-,42-/m1/s1. The summed E-state index contributed by atoms with van der Waals surface area (Å²) >= 11 is 0. The predicted octanol–water partition coefficient (Wildman–Crippen LogP) is 8.64. The van der Waals surface area contributed by atoms with Gasteiger partial charge in [0.1, 0.15) is 0 Å². The van der Waals surface area contributed by atoms with Gasteiger partial charge in [-0.1, -0.05) is 172 Å². The van der Waals surface area contributed by atoms with Gasteiger partial charge in [-0.25, -0.2) is 0 Å². The second-order valence-electron chi connectivity index (χ2n) is 13.9. The zero-order valence-corrected chi connectivity index (χ0v) is 30.9. The van der Waals surface area contributed by atoms with E-state index in [1.54, 1.807) is 14.2 Å². The average Bonchev–Trinajstić information content (AvgIpc) is 3.14. The zero-order chi connectivity index (χ0) is 34.5. The number of benzene rings is 5. The summed E-state index contributed by atoms with van der Waals surface area (Å²) in [6.45, 7) is 8.59. The van der Waals surface area contributed by atoms with Crippen molar-refractivity contribution >= 4 is 18.7 Å². The first kappa shape index (κ1) is 36.4. The first-order chi connectivity index (χ1) is 23.8. The maximum atomic E-state index is 7.92. The fraction of sp³-hybridized carbons (Fsp3) is 0.318. The molecule has 256 valence electrons. The summed E-state index contributed by atoms with van der Waals surface area (Å²) in [7, 11) is 0.657.